The van der Waals surface area contributed by atoms with E-state index in [0.29, 0.717) is 5.92 Å². The van der Waals surface area contributed by atoms with Crippen LogP contribution in [-0.4, -0.2) is 6.61 Å². The molecular weight excluding hydrogens is 311 g/mol. The first-order chi connectivity index (χ1) is 7.36. The molecule has 0 aromatic heterocycles. The maximum Gasteiger partial charge on any atom is 0.119 e. The van der Waals surface area contributed by atoms with Gasteiger partial charge in [0.25, 0.3) is 0 Å². The zero-order valence-electron chi connectivity index (χ0n) is 10.3. The number of para-hydroxylation sites is 1. The Morgan fingerprint density at radius 2 is 1.81 bits per heavy atom. The van der Waals surface area contributed by atoms with Crippen molar-refractivity contribution in [2.45, 2.75) is 39.5 Å². The molecular formula is C14H23IO. The minimum atomic E-state index is 0. The molecule has 0 N–H and O–H groups in total. The summed E-state index contributed by atoms with van der Waals surface area (Å²) in [6.45, 7) is 5.35. The van der Waals surface area contributed by atoms with Crippen molar-refractivity contribution in [2.75, 3.05) is 6.61 Å². The zero-order chi connectivity index (χ0) is 10.9. The van der Waals surface area contributed by atoms with E-state index in [-0.39, 0.29) is 24.0 Å². The van der Waals surface area contributed by atoms with Gasteiger partial charge in [-0.2, -0.15) is 0 Å². The highest BCUT2D eigenvalue weighted by Gasteiger charge is 2.06. The van der Waals surface area contributed by atoms with Crippen molar-refractivity contribution < 1.29 is 4.74 Å². The molecule has 0 aliphatic heterocycles. The quantitative estimate of drug-likeness (QED) is 0.645. The van der Waals surface area contributed by atoms with Crippen molar-refractivity contribution in [1.82, 2.24) is 0 Å². The molecule has 1 nitrogen and oxygen atoms in total. The average Bonchev–Trinajstić information content (AvgIpc) is 2.31. The fourth-order valence-corrected chi connectivity index (χ4v) is 1.63. The van der Waals surface area contributed by atoms with Gasteiger partial charge in [0, 0.05) is 0 Å². The van der Waals surface area contributed by atoms with Gasteiger partial charge in [0.2, 0.25) is 0 Å². The summed E-state index contributed by atoms with van der Waals surface area (Å²) in [6, 6.07) is 10.1. The lowest BCUT2D eigenvalue weighted by molar-refractivity contribution is 0.233. The van der Waals surface area contributed by atoms with Crippen LogP contribution in [0.5, 0.6) is 5.75 Å². The van der Waals surface area contributed by atoms with Gasteiger partial charge in [-0.3, -0.25) is 0 Å². The van der Waals surface area contributed by atoms with E-state index in [2.05, 4.69) is 13.8 Å². The third-order valence-electron chi connectivity index (χ3n) is 2.77. The van der Waals surface area contributed by atoms with Crippen LogP contribution in [0.1, 0.15) is 39.5 Å². The molecule has 0 amide bonds. The van der Waals surface area contributed by atoms with Gasteiger partial charge in [-0.15, -0.1) is 24.0 Å². The Morgan fingerprint density at radius 1 is 1.12 bits per heavy atom. The molecule has 0 heterocycles. The summed E-state index contributed by atoms with van der Waals surface area (Å²) in [7, 11) is 0. The van der Waals surface area contributed by atoms with E-state index >= 15 is 0 Å². The number of ether oxygens (including phenoxy) is 1. The molecule has 0 saturated heterocycles. The maximum absolute atomic E-state index is 5.76. The van der Waals surface area contributed by atoms with Crippen molar-refractivity contribution in [3.05, 3.63) is 30.3 Å². The third-order valence-corrected chi connectivity index (χ3v) is 2.77. The summed E-state index contributed by atoms with van der Waals surface area (Å²) in [4.78, 5) is 0. The van der Waals surface area contributed by atoms with Gasteiger partial charge in [-0.25, -0.2) is 0 Å². The first-order valence-corrected chi connectivity index (χ1v) is 6.04. The molecule has 0 saturated carbocycles. The number of rotatable bonds is 7. The molecule has 1 rings (SSSR count). The lowest BCUT2D eigenvalue weighted by Gasteiger charge is -2.15. The zero-order valence-corrected chi connectivity index (χ0v) is 12.6. The minimum Gasteiger partial charge on any atom is -0.493 e. The number of unbranched alkanes of at least 4 members (excludes halogenated alkanes) is 1. The third kappa shape index (κ3) is 6.36. The molecule has 16 heavy (non-hydrogen) atoms. The Bertz CT molecular complexity index is 248. The standard InChI is InChI=1S/C14H22O.HI/c1-3-5-9-13(4-2)12-15-14-10-7-6-8-11-14;/h6-8,10-11,13H,3-5,9,12H2,1-2H3;1H. The molecule has 1 aromatic carbocycles. The van der Waals surface area contributed by atoms with Crippen LogP contribution < -0.4 is 4.74 Å². The van der Waals surface area contributed by atoms with E-state index in [1.807, 2.05) is 30.3 Å². The average molecular weight is 334 g/mol. The summed E-state index contributed by atoms with van der Waals surface area (Å²) < 4.78 is 5.76. The van der Waals surface area contributed by atoms with Gasteiger partial charge >= 0.3 is 0 Å². The fraction of sp³-hybridized carbons (Fsp3) is 0.571. The minimum absolute atomic E-state index is 0. The van der Waals surface area contributed by atoms with Crippen molar-refractivity contribution in [3.63, 3.8) is 0 Å². The van der Waals surface area contributed by atoms with E-state index < -0.39 is 0 Å². The van der Waals surface area contributed by atoms with Crippen LogP contribution in [0.3, 0.4) is 0 Å². The van der Waals surface area contributed by atoms with Crippen molar-refractivity contribution in [3.8, 4) is 5.75 Å². The fourth-order valence-electron chi connectivity index (χ4n) is 1.63. The van der Waals surface area contributed by atoms with E-state index in [1.54, 1.807) is 0 Å². The number of benzene rings is 1. The molecule has 0 radical (unpaired) electrons. The van der Waals surface area contributed by atoms with E-state index in [4.69, 9.17) is 4.74 Å². The molecule has 1 aromatic rings. The predicted octanol–water partition coefficient (Wildman–Crippen LogP) is 4.90. The van der Waals surface area contributed by atoms with Crippen LogP contribution in [0.25, 0.3) is 0 Å². The van der Waals surface area contributed by atoms with E-state index in [9.17, 15) is 0 Å². The summed E-state index contributed by atoms with van der Waals surface area (Å²) in [6.07, 6.45) is 5.10. The lowest BCUT2D eigenvalue weighted by atomic mass is 10.0. The summed E-state index contributed by atoms with van der Waals surface area (Å²) in [5, 5.41) is 0. The first kappa shape index (κ1) is 15.8. The van der Waals surface area contributed by atoms with Gasteiger partial charge in [0.15, 0.2) is 0 Å². The van der Waals surface area contributed by atoms with Crippen LogP contribution in [0.15, 0.2) is 30.3 Å². The lowest BCUT2D eigenvalue weighted by Crippen LogP contribution is -2.11. The van der Waals surface area contributed by atoms with Crippen molar-refractivity contribution in [2.24, 2.45) is 5.92 Å². The largest absolute Gasteiger partial charge is 0.493 e. The highest BCUT2D eigenvalue weighted by Crippen LogP contribution is 2.15. The van der Waals surface area contributed by atoms with Crippen molar-refractivity contribution in [1.29, 1.82) is 0 Å². The smallest absolute Gasteiger partial charge is 0.119 e. The highest BCUT2D eigenvalue weighted by atomic mass is 127. The second kappa shape index (κ2) is 9.94. The predicted molar refractivity (Wildman–Crippen MR) is 80.7 cm³/mol. The monoisotopic (exact) mass is 334 g/mol. The Kier molecular flexibility index (Phi) is 9.78. The van der Waals surface area contributed by atoms with Crippen LogP contribution in [0.2, 0.25) is 0 Å². The number of hydrogen-bond donors (Lipinski definition) is 0. The Hall–Kier alpha value is -0.250. The van der Waals surface area contributed by atoms with Gasteiger partial charge in [0.1, 0.15) is 5.75 Å². The molecule has 1 atom stereocenters. The molecule has 1 unspecified atom stereocenters. The van der Waals surface area contributed by atoms with E-state index in [0.717, 1.165) is 12.4 Å². The highest BCUT2D eigenvalue weighted by molar-refractivity contribution is 14.0. The Morgan fingerprint density at radius 3 is 2.38 bits per heavy atom. The number of halogens is 1. The summed E-state index contributed by atoms with van der Waals surface area (Å²) >= 11 is 0. The summed E-state index contributed by atoms with van der Waals surface area (Å²) in [5.74, 6) is 1.71. The second-order valence-electron chi connectivity index (χ2n) is 4.04. The van der Waals surface area contributed by atoms with Crippen molar-refractivity contribution >= 4 is 24.0 Å². The van der Waals surface area contributed by atoms with Gasteiger partial charge in [-0.1, -0.05) is 51.3 Å². The SMILES string of the molecule is CCCCC(CC)COc1ccccc1.I. The molecule has 2 heteroatoms. The van der Waals surface area contributed by atoms with E-state index in [1.165, 1.54) is 25.7 Å². The summed E-state index contributed by atoms with van der Waals surface area (Å²) in [5.41, 5.74) is 0. The molecule has 0 bridgehead atoms. The molecule has 92 valence electrons. The van der Waals surface area contributed by atoms with Gasteiger partial charge < -0.3 is 4.74 Å². The number of hydrogen-bond acceptors (Lipinski definition) is 1. The van der Waals surface area contributed by atoms with Crippen LogP contribution in [0.4, 0.5) is 0 Å². The van der Waals surface area contributed by atoms with Gasteiger partial charge in [0.05, 0.1) is 6.61 Å². The first-order valence-electron chi connectivity index (χ1n) is 6.04. The van der Waals surface area contributed by atoms with Crippen LogP contribution >= 0.6 is 24.0 Å². The maximum atomic E-state index is 5.76. The molecule has 0 aliphatic carbocycles. The normalized spacial score (nSPS) is 11.6. The second-order valence-corrected chi connectivity index (χ2v) is 4.04. The Balaban J connectivity index is 0.00000225. The Labute approximate surface area is 117 Å². The molecule has 0 fully saturated rings. The molecule has 0 spiro atoms. The van der Waals surface area contributed by atoms with Crippen LogP contribution in [0, 0.1) is 5.92 Å². The van der Waals surface area contributed by atoms with Crippen LogP contribution in [-0.2, 0) is 0 Å². The topological polar surface area (TPSA) is 9.23 Å². The molecule has 0 aliphatic rings. The van der Waals surface area contributed by atoms with Gasteiger partial charge in [-0.05, 0) is 24.5 Å².